The van der Waals surface area contributed by atoms with Crippen molar-refractivity contribution in [2.75, 3.05) is 63.3 Å². The molecule has 1 heterocycles. The van der Waals surface area contributed by atoms with Crippen LogP contribution < -0.4 is 23.4 Å². The van der Waals surface area contributed by atoms with Crippen LogP contribution in [0, 0.1) is 0 Å². The lowest BCUT2D eigenvalue weighted by atomic mass is 10.2. The summed E-state index contributed by atoms with van der Waals surface area (Å²) in [6.07, 6.45) is 0. The van der Waals surface area contributed by atoms with Crippen LogP contribution in [-0.2, 0) is 14.8 Å². The minimum atomic E-state index is -4.06. The number of hydrogen-bond acceptors (Lipinski definition) is 7. The standard InChI is InChI=1S/C27H31N3O6S/c1-34-21-13-14-24(26(19-21)36-3)30(37(32,33)22-9-5-4-6-10-22)20-27(31)29-17-15-28(16-18-29)23-11-7-8-12-25(23)35-2/h4-14,19H,15-18,20H2,1-3H3. The van der Waals surface area contributed by atoms with E-state index in [2.05, 4.69) is 4.90 Å². The van der Waals surface area contributed by atoms with Gasteiger partial charge >= 0.3 is 0 Å². The lowest BCUT2D eigenvalue weighted by molar-refractivity contribution is -0.129. The molecule has 0 unspecified atom stereocenters. The largest absolute Gasteiger partial charge is 0.497 e. The molecule has 1 aliphatic rings. The normalized spacial score (nSPS) is 13.7. The van der Waals surface area contributed by atoms with Gasteiger partial charge in [0.25, 0.3) is 10.0 Å². The number of carbonyl (C=O) groups is 1. The fourth-order valence-corrected chi connectivity index (χ4v) is 5.77. The van der Waals surface area contributed by atoms with Gasteiger partial charge in [0.15, 0.2) is 0 Å². The predicted molar refractivity (Wildman–Crippen MR) is 142 cm³/mol. The van der Waals surface area contributed by atoms with Crippen molar-refractivity contribution >= 4 is 27.3 Å². The number of amides is 1. The van der Waals surface area contributed by atoms with E-state index in [1.807, 2.05) is 24.3 Å². The SMILES string of the molecule is COc1ccc(N(CC(=O)N2CCN(c3ccccc3OC)CC2)S(=O)(=O)c2ccccc2)c(OC)c1. The Morgan fingerprint density at radius 1 is 0.811 bits per heavy atom. The van der Waals surface area contributed by atoms with Crippen molar-refractivity contribution in [2.24, 2.45) is 0 Å². The molecule has 0 N–H and O–H groups in total. The highest BCUT2D eigenvalue weighted by Crippen LogP contribution is 2.35. The van der Waals surface area contributed by atoms with Crippen molar-refractivity contribution in [3.8, 4) is 17.2 Å². The maximum atomic E-state index is 13.7. The molecular formula is C27H31N3O6S. The molecule has 4 rings (SSSR count). The molecule has 0 aliphatic carbocycles. The molecule has 0 atom stereocenters. The van der Waals surface area contributed by atoms with Crippen LogP contribution >= 0.6 is 0 Å². The van der Waals surface area contributed by atoms with Crippen molar-refractivity contribution in [3.63, 3.8) is 0 Å². The quantitative estimate of drug-likeness (QED) is 0.424. The molecule has 1 saturated heterocycles. The van der Waals surface area contributed by atoms with E-state index in [9.17, 15) is 13.2 Å². The van der Waals surface area contributed by atoms with Gasteiger partial charge in [-0.3, -0.25) is 9.10 Å². The molecule has 0 saturated carbocycles. The highest BCUT2D eigenvalue weighted by atomic mass is 32.2. The summed E-state index contributed by atoms with van der Waals surface area (Å²) in [6, 6.07) is 20.6. The van der Waals surface area contributed by atoms with Crippen molar-refractivity contribution in [1.29, 1.82) is 0 Å². The van der Waals surface area contributed by atoms with Gasteiger partial charge in [-0.2, -0.15) is 0 Å². The first-order valence-corrected chi connectivity index (χ1v) is 13.3. The summed E-state index contributed by atoms with van der Waals surface area (Å²) < 4.78 is 44.8. The number of rotatable bonds is 9. The number of methoxy groups -OCH3 is 3. The Kier molecular flexibility index (Phi) is 8.08. The number of hydrogen-bond donors (Lipinski definition) is 0. The van der Waals surface area contributed by atoms with Gasteiger partial charge in [-0.15, -0.1) is 0 Å². The van der Waals surface area contributed by atoms with Crippen molar-refractivity contribution in [1.82, 2.24) is 4.90 Å². The van der Waals surface area contributed by atoms with Gasteiger partial charge in [0.2, 0.25) is 5.91 Å². The average molecular weight is 526 g/mol. The monoisotopic (exact) mass is 525 g/mol. The predicted octanol–water partition coefficient (Wildman–Crippen LogP) is 3.26. The molecule has 9 nitrogen and oxygen atoms in total. The third-order valence-electron chi connectivity index (χ3n) is 6.32. The van der Waals surface area contributed by atoms with E-state index < -0.39 is 10.0 Å². The van der Waals surface area contributed by atoms with Gasteiger partial charge in [-0.1, -0.05) is 30.3 Å². The number of benzene rings is 3. The zero-order chi connectivity index (χ0) is 26.4. The number of anilines is 2. The topological polar surface area (TPSA) is 88.6 Å². The maximum Gasteiger partial charge on any atom is 0.264 e. The van der Waals surface area contributed by atoms with E-state index >= 15 is 0 Å². The molecule has 3 aromatic carbocycles. The number of carbonyl (C=O) groups excluding carboxylic acids is 1. The molecule has 0 radical (unpaired) electrons. The first kappa shape index (κ1) is 26.2. The van der Waals surface area contributed by atoms with Crippen LogP contribution in [0.1, 0.15) is 0 Å². The van der Waals surface area contributed by atoms with Crippen molar-refractivity contribution in [2.45, 2.75) is 4.90 Å². The number of sulfonamides is 1. The second-order valence-corrected chi connectivity index (χ2v) is 10.3. The maximum absolute atomic E-state index is 13.7. The third-order valence-corrected chi connectivity index (χ3v) is 8.10. The van der Waals surface area contributed by atoms with E-state index in [0.717, 1.165) is 15.7 Å². The minimum Gasteiger partial charge on any atom is -0.497 e. The molecule has 0 aromatic heterocycles. The molecule has 196 valence electrons. The number of para-hydroxylation sites is 2. The van der Waals surface area contributed by atoms with Gasteiger partial charge in [-0.25, -0.2) is 8.42 Å². The van der Waals surface area contributed by atoms with E-state index in [4.69, 9.17) is 14.2 Å². The molecule has 37 heavy (non-hydrogen) atoms. The molecular weight excluding hydrogens is 494 g/mol. The van der Waals surface area contributed by atoms with Crippen LogP contribution in [0.3, 0.4) is 0 Å². The molecule has 0 spiro atoms. The smallest absolute Gasteiger partial charge is 0.264 e. The Labute approximate surface area is 217 Å². The minimum absolute atomic E-state index is 0.0849. The van der Waals surface area contributed by atoms with Crippen LogP contribution in [0.5, 0.6) is 17.2 Å². The van der Waals surface area contributed by atoms with Crippen molar-refractivity contribution in [3.05, 3.63) is 72.8 Å². The van der Waals surface area contributed by atoms with Crippen LogP contribution in [0.4, 0.5) is 11.4 Å². The Morgan fingerprint density at radius 2 is 1.46 bits per heavy atom. The van der Waals surface area contributed by atoms with Gasteiger partial charge < -0.3 is 24.0 Å². The number of nitrogens with zero attached hydrogens (tertiary/aromatic N) is 3. The van der Waals surface area contributed by atoms with Gasteiger partial charge in [0.05, 0.1) is 37.6 Å². The molecule has 0 bridgehead atoms. The Hall–Kier alpha value is -3.92. The third kappa shape index (κ3) is 5.59. The summed E-state index contributed by atoms with van der Waals surface area (Å²) in [7, 11) is 0.532. The average Bonchev–Trinajstić information content (AvgIpc) is 2.95. The van der Waals surface area contributed by atoms with Gasteiger partial charge in [-0.05, 0) is 36.4 Å². The molecule has 3 aromatic rings. The van der Waals surface area contributed by atoms with Crippen LogP contribution in [0.2, 0.25) is 0 Å². The summed E-state index contributed by atoms with van der Waals surface area (Å²) in [5.41, 5.74) is 1.22. The summed E-state index contributed by atoms with van der Waals surface area (Å²) in [6.45, 7) is 1.74. The molecule has 10 heteroatoms. The van der Waals surface area contributed by atoms with Crippen LogP contribution in [0.15, 0.2) is 77.7 Å². The summed E-state index contributed by atoms with van der Waals surface area (Å²) >= 11 is 0. The Morgan fingerprint density at radius 3 is 2.11 bits per heavy atom. The second kappa shape index (κ2) is 11.4. The number of ether oxygens (including phenoxy) is 3. The fourth-order valence-electron chi connectivity index (χ4n) is 4.32. The highest BCUT2D eigenvalue weighted by molar-refractivity contribution is 7.92. The number of piperazine rings is 1. The molecule has 1 fully saturated rings. The Balaban J connectivity index is 1.59. The fraction of sp³-hybridized carbons (Fsp3) is 0.296. The van der Waals surface area contributed by atoms with Crippen molar-refractivity contribution < 1.29 is 27.4 Å². The summed E-state index contributed by atoms with van der Waals surface area (Å²) in [5.74, 6) is 1.27. The van der Waals surface area contributed by atoms with E-state index in [0.29, 0.717) is 31.9 Å². The van der Waals surface area contributed by atoms with E-state index in [1.54, 1.807) is 48.4 Å². The zero-order valence-electron chi connectivity index (χ0n) is 21.2. The van der Waals surface area contributed by atoms with Crippen LogP contribution in [0.25, 0.3) is 0 Å². The zero-order valence-corrected chi connectivity index (χ0v) is 22.0. The summed E-state index contributed by atoms with van der Waals surface area (Å²) in [4.78, 5) is 17.4. The highest BCUT2D eigenvalue weighted by Gasteiger charge is 2.32. The van der Waals surface area contributed by atoms with Gasteiger partial charge in [0.1, 0.15) is 23.8 Å². The second-order valence-electron chi connectivity index (χ2n) is 8.40. The first-order chi connectivity index (χ1) is 17.9. The van der Waals surface area contributed by atoms with E-state index in [-0.39, 0.29) is 28.8 Å². The van der Waals surface area contributed by atoms with Crippen LogP contribution in [-0.4, -0.2) is 73.3 Å². The molecule has 1 aliphatic heterocycles. The van der Waals surface area contributed by atoms with E-state index in [1.165, 1.54) is 26.4 Å². The summed E-state index contributed by atoms with van der Waals surface area (Å²) in [5, 5.41) is 0. The molecule has 1 amide bonds. The van der Waals surface area contributed by atoms with Gasteiger partial charge in [0, 0.05) is 32.2 Å². The first-order valence-electron chi connectivity index (χ1n) is 11.8. The Bertz CT molecular complexity index is 1320. The lowest BCUT2D eigenvalue weighted by Crippen LogP contribution is -2.52. The lowest BCUT2D eigenvalue weighted by Gasteiger charge is -2.37.